The number of nitrogens with one attached hydrogen (secondary N) is 1. The van der Waals surface area contributed by atoms with Crippen LogP contribution in [0, 0.1) is 6.92 Å². The van der Waals surface area contributed by atoms with Crippen LogP contribution in [0.2, 0.25) is 0 Å². The van der Waals surface area contributed by atoms with Gasteiger partial charge in [-0.1, -0.05) is 29.8 Å². The number of rotatable bonds is 6. The SMILES string of the molecule is Cc1ccc(OCC(=O)NCc2ccc(-c3nc4ncccc4o3)cc2)cc1. The molecule has 0 spiro atoms. The number of ether oxygens (including phenoxy) is 1. The van der Waals surface area contributed by atoms with E-state index in [4.69, 9.17) is 9.15 Å². The van der Waals surface area contributed by atoms with E-state index in [1.165, 1.54) is 0 Å². The van der Waals surface area contributed by atoms with Gasteiger partial charge in [-0.15, -0.1) is 0 Å². The quantitative estimate of drug-likeness (QED) is 0.555. The van der Waals surface area contributed by atoms with Gasteiger partial charge >= 0.3 is 0 Å². The summed E-state index contributed by atoms with van der Waals surface area (Å²) >= 11 is 0. The van der Waals surface area contributed by atoms with Gasteiger partial charge in [-0.05, 0) is 48.9 Å². The van der Waals surface area contributed by atoms with E-state index >= 15 is 0 Å². The predicted molar refractivity (Wildman–Crippen MR) is 106 cm³/mol. The molecule has 140 valence electrons. The molecule has 1 amide bonds. The normalized spacial score (nSPS) is 10.8. The highest BCUT2D eigenvalue weighted by molar-refractivity contribution is 5.77. The molecule has 6 nitrogen and oxygen atoms in total. The summed E-state index contributed by atoms with van der Waals surface area (Å²) < 4.78 is 11.2. The van der Waals surface area contributed by atoms with Gasteiger partial charge in [0.05, 0.1) is 0 Å². The van der Waals surface area contributed by atoms with Crippen molar-refractivity contribution in [3.63, 3.8) is 0 Å². The van der Waals surface area contributed by atoms with Crippen LogP contribution in [-0.2, 0) is 11.3 Å². The van der Waals surface area contributed by atoms with E-state index < -0.39 is 0 Å². The Morgan fingerprint density at radius 3 is 2.61 bits per heavy atom. The first kappa shape index (κ1) is 17.7. The average Bonchev–Trinajstić information content (AvgIpc) is 3.16. The molecular weight excluding hydrogens is 354 g/mol. The fraction of sp³-hybridized carbons (Fsp3) is 0.136. The molecule has 0 aliphatic rings. The van der Waals surface area contributed by atoms with E-state index in [0.29, 0.717) is 29.4 Å². The van der Waals surface area contributed by atoms with E-state index in [9.17, 15) is 4.79 Å². The van der Waals surface area contributed by atoms with E-state index in [1.54, 1.807) is 6.20 Å². The van der Waals surface area contributed by atoms with E-state index in [1.807, 2.05) is 67.6 Å². The smallest absolute Gasteiger partial charge is 0.258 e. The van der Waals surface area contributed by atoms with Crippen LogP contribution >= 0.6 is 0 Å². The van der Waals surface area contributed by atoms with Crippen molar-refractivity contribution in [1.82, 2.24) is 15.3 Å². The van der Waals surface area contributed by atoms with Crippen LogP contribution < -0.4 is 10.1 Å². The van der Waals surface area contributed by atoms with E-state index in [-0.39, 0.29) is 12.5 Å². The van der Waals surface area contributed by atoms with Gasteiger partial charge in [-0.25, -0.2) is 4.98 Å². The molecular formula is C22H19N3O3. The van der Waals surface area contributed by atoms with Gasteiger partial charge < -0.3 is 14.5 Å². The number of amides is 1. The molecule has 4 rings (SSSR count). The van der Waals surface area contributed by atoms with E-state index in [2.05, 4.69) is 15.3 Å². The minimum absolute atomic E-state index is 0.0168. The standard InChI is InChI=1S/C22H19N3O3/c1-15-4-10-18(11-5-15)27-14-20(26)24-13-16-6-8-17(9-7-16)22-25-21-19(28-22)3-2-12-23-21/h2-12H,13-14H2,1H3,(H,24,26). The topological polar surface area (TPSA) is 77.2 Å². The van der Waals surface area contributed by atoms with Crippen molar-refractivity contribution in [3.05, 3.63) is 78.0 Å². The lowest BCUT2D eigenvalue weighted by atomic mass is 10.1. The van der Waals surface area contributed by atoms with E-state index in [0.717, 1.165) is 16.7 Å². The Bertz CT molecular complexity index is 1050. The van der Waals surface area contributed by atoms with Crippen molar-refractivity contribution in [3.8, 4) is 17.2 Å². The molecule has 6 heteroatoms. The number of hydrogen-bond acceptors (Lipinski definition) is 5. The maximum atomic E-state index is 12.0. The van der Waals surface area contributed by atoms with Crippen LogP contribution in [0.5, 0.6) is 5.75 Å². The van der Waals surface area contributed by atoms with Crippen molar-refractivity contribution in [2.24, 2.45) is 0 Å². The number of carbonyl (C=O) groups is 1. The molecule has 0 saturated heterocycles. The highest BCUT2D eigenvalue weighted by Crippen LogP contribution is 2.23. The lowest BCUT2D eigenvalue weighted by Gasteiger charge is -2.08. The van der Waals surface area contributed by atoms with Crippen LogP contribution in [0.25, 0.3) is 22.7 Å². The number of carbonyl (C=O) groups excluding carboxylic acids is 1. The van der Waals surface area contributed by atoms with Crippen LogP contribution in [-0.4, -0.2) is 22.5 Å². The predicted octanol–water partition coefficient (Wildman–Crippen LogP) is 3.89. The van der Waals surface area contributed by atoms with Crippen molar-refractivity contribution in [2.75, 3.05) is 6.61 Å². The number of fused-ring (bicyclic) bond motifs is 1. The van der Waals surface area contributed by atoms with Gasteiger partial charge in [0.2, 0.25) is 5.89 Å². The molecule has 1 N–H and O–H groups in total. The van der Waals surface area contributed by atoms with Crippen LogP contribution in [0.3, 0.4) is 0 Å². The van der Waals surface area contributed by atoms with Crippen LogP contribution in [0.4, 0.5) is 0 Å². The summed E-state index contributed by atoms with van der Waals surface area (Å²) in [6.07, 6.45) is 1.68. The molecule has 2 aromatic carbocycles. The zero-order valence-corrected chi connectivity index (χ0v) is 15.4. The number of oxazole rings is 1. The molecule has 4 aromatic rings. The van der Waals surface area contributed by atoms with Crippen LogP contribution in [0.15, 0.2) is 71.3 Å². The van der Waals surface area contributed by atoms with Gasteiger partial charge in [0.25, 0.3) is 5.91 Å². The number of aromatic nitrogens is 2. The highest BCUT2D eigenvalue weighted by atomic mass is 16.5. The Labute approximate surface area is 162 Å². The summed E-state index contributed by atoms with van der Waals surface area (Å²) in [4.78, 5) is 20.5. The molecule has 2 aromatic heterocycles. The summed E-state index contributed by atoms with van der Waals surface area (Å²) in [5.74, 6) is 1.03. The summed E-state index contributed by atoms with van der Waals surface area (Å²) in [6.45, 7) is 2.41. The first-order valence-corrected chi connectivity index (χ1v) is 8.94. The number of pyridine rings is 1. The summed E-state index contributed by atoms with van der Waals surface area (Å²) in [7, 11) is 0. The molecule has 2 heterocycles. The maximum absolute atomic E-state index is 12.0. The molecule has 0 bridgehead atoms. The Kier molecular flexibility index (Phi) is 5.01. The third kappa shape index (κ3) is 4.17. The summed E-state index contributed by atoms with van der Waals surface area (Å²) in [5, 5.41) is 2.85. The third-order valence-electron chi connectivity index (χ3n) is 4.25. The summed E-state index contributed by atoms with van der Waals surface area (Å²) in [5.41, 5.74) is 4.22. The van der Waals surface area contributed by atoms with Crippen molar-refractivity contribution < 1.29 is 13.9 Å². The second kappa shape index (κ2) is 7.92. The molecule has 0 atom stereocenters. The second-order valence-electron chi connectivity index (χ2n) is 6.42. The van der Waals surface area contributed by atoms with Gasteiger partial charge in [0.15, 0.2) is 17.8 Å². The maximum Gasteiger partial charge on any atom is 0.258 e. The highest BCUT2D eigenvalue weighted by Gasteiger charge is 2.09. The monoisotopic (exact) mass is 373 g/mol. The zero-order chi connectivity index (χ0) is 19.3. The molecule has 0 radical (unpaired) electrons. The minimum Gasteiger partial charge on any atom is -0.484 e. The molecule has 0 saturated carbocycles. The fourth-order valence-electron chi connectivity index (χ4n) is 2.69. The first-order chi connectivity index (χ1) is 13.7. The number of hydrogen-bond donors (Lipinski definition) is 1. The van der Waals surface area contributed by atoms with Gasteiger partial charge in [0.1, 0.15) is 5.75 Å². The number of aryl methyl sites for hydroxylation is 1. The van der Waals surface area contributed by atoms with Crippen LogP contribution in [0.1, 0.15) is 11.1 Å². The third-order valence-corrected chi connectivity index (χ3v) is 4.25. The molecule has 0 aliphatic carbocycles. The molecule has 28 heavy (non-hydrogen) atoms. The molecule has 0 aliphatic heterocycles. The van der Waals surface area contributed by atoms with Crippen molar-refractivity contribution in [1.29, 1.82) is 0 Å². The number of nitrogens with zero attached hydrogens (tertiary/aromatic N) is 2. The first-order valence-electron chi connectivity index (χ1n) is 8.94. The van der Waals surface area contributed by atoms with Gasteiger partial charge in [-0.3, -0.25) is 4.79 Å². The van der Waals surface area contributed by atoms with Gasteiger partial charge in [0, 0.05) is 18.3 Å². The molecule has 0 fully saturated rings. The van der Waals surface area contributed by atoms with Crippen molar-refractivity contribution >= 4 is 17.1 Å². The molecule has 0 unspecified atom stereocenters. The zero-order valence-electron chi connectivity index (χ0n) is 15.4. The number of benzene rings is 2. The summed E-state index contributed by atoms with van der Waals surface area (Å²) in [6, 6.07) is 18.9. The Morgan fingerprint density at radius 2 is 1.86 bits per heavy atom. The minimum atomic E-state index is -0.172. The second-order valence-corrected chi connectivity index (χ2v) is 6.42. The Morgan fingerprint density at radius 1 is 1.07 bits per heavy atom. The Balaban J connectivity index is 1.31. The largest absolute Gasteiger partial charge is 0.484 e. The Hall–Kier alpha value is -3.67. The lowest BCUT2D eigenvalue weighted by Crippen LogP contribution is -2.28. The van der Waals surface area contributed by atoms with Crippen molar-refractivity contribution in [2.45, 2.75) is 13.5 Å². The van der Waals surface area contributed by atoms with Gasteiger partial charge in [-0.2, -0.15) is 4.98 Å². The average molecular weight is 373 g/mol. The fourth-order valence-corrected chi connectivity index (χ4v) is 2.69. The lowest BCUT2D eigenvalue weighted by molar-refractivity contribution is -0.123.